The molecule has 0 fully saturated rings. The molecule has 15 nitrogen and oxygen atoms in total. The Kier molecular flexibility index (Phi) is 12.3. The fourth-order valence-electron chi connectivity index (χ4n) is 3.08. The summed E-state index contributed by atoms with van der Waals surface area (Å²) in [5.74, 6) is -3.94. The number of hydrogen-bond donors (Lipinski definition) is 9. The minimum atomic E-state index is -1.41. The van der Waals surface area contributed by atoms with Gasteiger partial charge in [0.05, 0.1) is 18.5 Å². The molecule has 1 aromatic rings. The van der Waals surface area contributed by atoms with Crippen LogP contribution in [0.2, 0.25) is 0 Å². The van der Waals surface area contributed by atoms with Crippen LogP contribution in [0.1, 0.15) is 39.3 Å². The van der Waals surface area contributed by atoms with Gasteiger partial charge in [-0.2, -0.15) is 0 Å². The van der Waals surface area contributed by atoms with Crippen LogP contribution in [-0.2, 0) is 25.6 Å². The van der Waals surface area contributed by atoms with Crippen LogP contribution in [0.25, 0.3) is 0 Å². The first-order chi connectivity index (χ1) is 16.8. The van der Waals surface area contributed by atoms with Crippen molar-refractivity contribution < 1.29 is 29.4 Å². The summed E-state index contributed by atoms with van der Waals surface area (Å²) >= 11 is 0. The van der Waals surface area contributed by atoms with Crippen LogP contribution in [0.4, 0.5) is 0 Å². The third-order valence-corrected chi connectivity index (χ3v) is 5.26. The van der Waals surface area contributed by atoms with Gasteiger partial charge in [0, 0.05) is 24.9 Å². The maximum absolute atomic E-state index is 13.0. The number of aliphatic imine (C=N–C) groups is 1. The van der Waals surface area contributed by atoms with E-state index in [4.69, 9.17) is 17.2 Å². The molecule has 0 saturated carbocycles. The summed E-state index contributed by atoms with van der Waals surface area (Å²) < 4.78 is 0. The van der Waals surface area contributed by atoms with Crippen molar-refractivity contribution in [2.45, 2.75) is 70.3 Å². The Morgan fingerprint density at radius 3 is 2.19 bits per heavy atom. The lowest BCUT2D eigenvalue weighted by Crippen LogP contribution is -2.60. The average molecular weight is 512 g/mol. The van der Waals surface area contributed by atoms with Crippen LogP contribution < -0.4 is 33.2 Å². The lowest BCUT2D eigenvalue weighted by Gasteiger charge is -2.27. The first kappa shape index (κ1) is 30.3. The topological polar surface area (TPSA) is 264 Å². The zero-order chi connectivity index (χ0) is 27.4. The molecule has 0 radical (unpaired) electrons. The van der Waals surface area contributed by atoms with Crippen LogP contribution in [0.3, 0.4) is 0 Å². The van der Waals surface area contributed by atoms with Gasteiger partial charge in [-0.15, -0.1) is 0 Å². The standard InChI is InChI=1S/C21H37N9O6/c1-10(2)15(22)18(33)30-16(11(3)31)19(34)28-13(5-4-6-26-21(23)24)17(32)29-14(20(35)36)7-12-8-25-9-27-12/h8-11,13-16,31H,4-7,22H2,1-3H3,(H,25,27)(H,28,34)(H,29,32)(H,30,33)(H,35,36)(H4,23,24,26). The third-order valence-electron chi connectivity index (χ3n) is 5.26. The van der Waals surface area contributed by atoms with Crippen molar-refractivity contribution in [3.63, 3.8) is 0 Å². The molecule has 202 valence electrons. The van der Waals surface area contributed by atoms with Crippen molar-refractivity contribution in [2.75, 3.05) is 6.54 Å². The first-order valence-corrected chi connectivity index (χ1v) is 11.4. The number of aromatic nitrogens is 2. The van der Waals surface area contributed by atoms with Crippen LogP contribution in [0.5, 0.6) is 0 Å². The first-order valence-electron chi connectivity index (χ1n) is 11.4. The Labute approximate surface area is 208 Å². The van der Waals surface area contributed by atoms with Gasteiger partial charge in [0.15, 0.2) is 5.96 Å². The summed E-state index contributed by atoms with van der Waals surface area (Å²) in [6.07, 6.45) is 1.71. The van der Waals surface area contributed by atoms with Gasteiger partial charge in [-0.1, -0.05) is 13.8 Å². The minimum absolute atomic E-state index is 0.0384. The van der Waals surface area contributed by atoms with Crippen molar-refractivity contribution >= 4 is 29.7 Å². The molecule has 15 heteroatoms. The molecule has 0 aromatic carbocycles. The number of rotatable bonds is 15. The summed E-state index contributed by atoms with van der Waals surface area (Å²) in [6.45, 7) is 4.89. The molecular weight excluding hydrogens is 474 g/mol. The maximum atomic E-state index is 13.0. The number of hydrogen-bond acceptors (Lipinski definition) is 8. The number of carboxylic acid groups (broad SMARTS) is 1. The monoisotopic (exact) mass is 511 g/mol. The van der Waals surface area contributed by atoms with Crippen LogP contribution in [0, 0.1) is 5.92 Å². The number of aliphatic carboxylic acids is 1. The number of guanidine groups is 1. The van der Waals surface area contributed by atoms with Gasteiger partial charge in [0.1, 0.15) is 18.1 Å². The number of carbonyl (C=O) groups excluding carboxylic acids is 3. The van der Waals surface area contributed by atoms with E-state index in [-0.39, 0.29) is 37.7 Å². The highest BCUT2D eigenvalue weighted by Gasteiger charge is 2.32. The van der Waals surface area contributed by atoms with E-state index in [1.54, 1.807) is 13.8 Å². The number of H-pyrrole nitrogens is 1. The molecule has 12 N–H and O–H groups in total. The Bertz CT molecular complexity index is 900. The largest absolute Gasteiger partial charge is 0.480 e. The number of nitrogens with one attached hydrogen (secondary N) is 4. The van der Waals surface area contributed by atoms with Crippen molar-refractivity contribution in [1.82, 2.24) is 25.9 Å². The van der Waals surface area contributed by atoms with Gasteiger partial charge < -0.3 is 48.3 Å². The van der Waals surface area contributed by atoms with E-state index in [1.165, 1.54) is 19.4 Å². The SMILES string of the molecule is CC(C)C(N)C(=O)NC(C(=O)NC(CCCN=C(N)N)C(=O)NC(Cc1cnc[nH]1)C(=O)O)C(C)O. The molecule has 3 amide bonds. The fraction of sp³-hybridized carbons (Fsp3) is 0.619. The lowest BCUT2D eigenvalue weighted by atomic mass is 10.0. The number of aromatic amines is 1. The van der Waals surface area contributed by atoms with Crippen LogP contribution in [-0.4, -0.2) is 86.6 Å². The summed E-state index contributed by atoms with van der Waals surface area (Å²) in [6, 6.07) is -4.86. The normalized spacial score (nSPS) is 15.2. The molecule has 0 bridgehead atoms. The average Bonchev–Trinajstić information content (AvgIpc) is 3.30. The maximum Gasteiger partial charge on any atom is 0.326 e. The molecule has 36 heavy (non-hydrogen) atoms. The number of aliphatic hydroxyl groups excluding tert-OH is 1. The lowest BCUT2D eigenvalue weighted by molar-refractivity contribution is -0.142. The second-order valence-corrected chi connectivity index (χ2v) is 8.69. The summed E-state index contributed by atoms with van der Waals surface area (Å²) in [4.78, 5) is 60.4. The molecular formula is C21H37N9O6. The van der Waals surface area contributed by atoms with E-state index in [0.29, 0.717) is 5.69 Å². The Morgan fingerprint density at radius 2 is 1.69 bits per heavy atom. The van der Waals surface area contributed by atoms with Crippen molar-refractivity contribution in [3.05, 3.63) is 18.2 Å². The second-order valence-electron chi connectivity index (χ2n) is 8.69. The number of nitrogens with zero attached hydrogens (tertiary/aromatic N) is 2. The molecule has 0 aliphatic rings. The predicted octanol–water partition coefficient (Wildman–Crippen LogP) is -3.09. The van der Waals surface area contributed by atoms with Crippen molar-refractivity contribution in [3.8, 4) is 0 Å². The van der Waals surface area contributed by atoms with E-state index in [0.717, 1.165) is 0 Å². The summed E-state index contributed by atoms with van der Waals surface area (Å²) in [7, 11) is 0. The van der Waals surface area contributed by atoms with Gasteiger partial charge in [-0.3, -0.25) is 19.4 Å². The van der Waals surface area contributed by atoms with E-state index < -0.39 is 54.0 Å². The molecule has 1 aromatic heterocycles. The third kappa shape index (κ3) is 10.3. The fourth-order valence-corrected chi connectivity index (χ4v) is 3.08. The minimum Gasteiger partial charge on any atom is -0.480 e. The summed E-state index contributed by atoms with van der Waals surface area (Å²) in [5, 5.41) is 26.9. The number of amides is 3. The quantitative estimate of drug-likeness (QED) is 0.0650. The van der Waals surface area contributed by atoms with E-state index >= 15 is 0 Å². The van der Waals surface area contributed by atoms with E-state index in [1.807, 2.05) is 0 Å². The van der Waals surface area contributed by atoms with Gasteiger partial charge in [-0.05, 0) is 25.7 Å². The Morgan fingerprint density at radius 1 is 1.06 bits per heavy atom. The molecule has 5 unspecified atom stereocenters. The van der Waals surface area contributed by atoms with Gasteiger partial charge in [0.2, 0.25) is 17.7 Å². The molecule has 0 aliphatic carbocycles. The Hall–Kier alpha value is -3.72. The van der Waals surface area contributed by atoms with Gasteiger partial charge >= 0.3 is 5.97 Å². The Balaban J connectivity index is 3.02. The number of carboxylic acids is 1. The van der Waals surface area contributed by atoms with E-state index in [2.05, 4.69) is 30.9 Å². The van der Waals surface area contributed by atoms with Crippen molar-refractivity contribution in [1.29, 1.82) is 0 Å². The second kappa shape index (κ2) is 14.6. The van der Waals surface area contributed by atoms with Gasteiger partial charge in [-0.25, -0.2) is 9.78 Å². The smallest absolute Gasteiger partial charge is 0.326 e. The molecule has 0 spiro atoms. The number of carbonyl (C=O) groups is 4. The summed E-state index contributed by atoms with van der Waals surface area (Å²) in [5.41, 5.74) is 16.9. The molecule has 0 saturated heterocycles. The molecule has 0 aliphatic heterocycles. The molecule has 5 atom stereocenters. The number of nitrogens with two attached hydrogens (primary N) is 3. The van der Waals surface area contributed by atoms with Gasteiger partial charge in [0.25, 0.3) is 0 Å². The van der Waals surface area contributed by atoms with Crippen molar-refractivity contribution in [2.24, 2.45) is 28.1 Å². The van der Waals surface area contributed by atoms with Crippen LogP contribution in [0.15, 0.2) is 17.5 Å². The molecule has 1 rings (SSSR count). The number of aliphatic hydroxyl groups is 1. The highest BCUT2D eigenvalue weighted by atomic mass is 16.4. The highest BCUT2D eigenvalue weighted by molar-refractivity contribution is 5.94. The zero-order valence-electron chi connectivity index (χ0n) is 20.6. The number of imidazole rings is 1. The molecule has 1 heterocycles. The highest BCUT2D eigenvalue weighted by Crippen LogP contribution is 2.06. The zero-order valence-corrected chi connectivity index (χ0v) is 20.6. The predicted molar refractivity (Wildman–Crippen MR) is 130 cm³/mol. The van der Waals surface area contributed by atoms with E-state index in [9.17, 15) is 29.4 Å². The van der Waals surface area contributed by atoms with Crippen LogP contribution >= 0.6 is 0 Å².